The van der Waals surface area contributed by atoms with E-state index < -0.39 is 0 Å². The van der Waals surface area contributed by atoms with Crippen molar-refractivity contribution in [2.24, 2.45) is 0 Å². The molecule has 4 rings (SSSR count). The topological polar surface area (TPSA) is 56.3 Å². The number of piperidine rings is 1. The van der Waals surface area contributed by atoms with Crippen LogP contribution in [0.15, 0.2) is 53.0 Å². The molecule has 1 aliphatic heterocycles. The molecule has 0 unspecified atom stereocenters. The minimum Gasteiger partial charge on any atom is -0.507 e. The quantitative estimate of drug-likeness (QED) is 0.659. The number of phenols is 1. The number of aromatic amines is 1. The molecule has 4 nitrogen and oxygen atoms in total. The zero-order chi connectivity index (χ0) is 17.4. The summed E-state index contributed by atoms with van der Waals surface area (Å²) in [5.41, 5.74) is 2.77. The van der Waals surface area contributed by atoms with E-state index in [1.54, 1.807) is 18.2 Å². The van der Waals surface area contributed by atoms with E-state index in [0.29, 0.717) is 24.6 Å². The Morgan fingerprint density at radius 2 is 1.88 bits per heavy atom. The average molecular weight is 399 g/mol. The number of hydrogen-bond acceptors (Lipinski definition) is 2. The van der Waals surface area contributed by atoms with Gasteiger partial charge in [-0.15, -0.1) is 0 Å². The number of rotatable bonds is 2. The number of para-hydroxylation sites is 1. The molecule has 2 heterocycles. The van der Waals surface area contributed by atoms with Crippen molar-refractivity contribution in [3.05, 3.63) is 64.3 Å². The monoisotopic (exact) mass is 398 g/mol. The number of carbonyl (C=O) groups excluding carboxylic acids is 1. The van der Waals surface area contributed by atoms with E-state index in [1.165, 1.54) is 11.1 Å². The highest BCUT2D eigenvalue weighted by atomic mass is 79.9. The van der Waals surface area contributed by atoms with E-state index in [0.717, 1.165) is 22.8 Å². The molecule has 25 heavy (non-hydrogen) atoms. The number of halogens is 1. The van der Waals surface area contributed by atoms with Gasteiger partial charge in [-0.1, -0.05) is 34.1 Å². The lowest BCUT2D eigenvalue weighted by Gasteiger charge is -2.32. The molecular formula is C20H19BrN2O2. The minimum absolute atomic E-state index is 0.0333. The van der Waals surface area contributed by atoms with Gasteiger partial charge in [0.25, 0.3) is 5.91 Å². The summed E-state index contributed by atoms with van der Waals surface area (Å²) in [5, 5.41) is 11.2. The zero-order valence-electron chi connectivity index (χ0n) is 13.7. The fourth-order valence-corrected chi connectivity index (χ4v) is 3.92. The van der Waals surface area contributed by atoms with Crippen molar-refractivity contribution in [2.75, 3.05) is 13.1 Å². The number of carbonyl (C=O) groups is 1. The third-order valence-corrected chi connectivity index (χ3v) is 5.46. The summed E-state index contributed by atoms with van der Waals surface area (Å²) in [7, 11) is 0. The second-order valence-electron chi connectivity index (χ2n) is 6.54. The van der Waals surface area contributed by atoms with Crippen LogP contribution in [0.25, 0.3) is 10.9 Å². The van der Waals surface area contributed by atoms with Gasteiger partial charge in [0.15, 0.2) is 0 Å². The Balaban J connectivity index is 1.47. The second kappa shape index (κ2) is 6.56. The molecule has 0 aliphatic carbocycles. The summed E-state index contributed by atoms with van der Waals surface area (Å²) in [5.74, 6) is 0.368. The SMILES string of the molecule is O=C(c1cc(Br)ccc1O)N1CCC(c2cc3ccccc3[nH]2)CC1. The summed E-state index contributed by atoms with van der Waals surface area (Å²) in [6.07, 6.45) is 1.85. The molecule has 0 spiro atoms. The number of fused-ring (bicyclic) bond motifs is 1. The fraction of sp³-hybridized carbons (Fsp3) is 0.250. The molecule has 2 N–H and O–H groups in total. The van der Waals surface area contributed by atoms with Gasteiger partial charge in [0.05, 0.1) is 5.56 Å². The van der Waals surface area contributed by atoms with Crippen molar-refractivity contribution in [2.45, 2.75) is 18.8 Å². The lowest BCUT2D eigenvalue weighted by atomic mass is 9.93. The van der Waals surface area contributed by atoms with Gasteiger partial charge in [-0.2, -0.15) is 0 Å². The first kappa shape index (κ1) is 16.2. The number of phenolic OH excluding ortho intramolecular Hbond substituents is 1. The number of hydrogen-bond donors (Lipinski definition) is 2. The summed E-state index contributed by atoms with van der Waals surface area (Å²) in [4.78, 5) is 18.0. The highest BCUT2D eigenvalue weighted by Gasteiger charge is 2.26. The Bertz CT molecular complexity index is 893. The van der Waals surface area contributed by atoms with Crippen molar-refractivity contribution in [3.8, 4) is 5.75 Å². The zero-order valence-corrected chi connectivity index (χ0v) is 15.3. The smallest absolute Gasteiger partial charge is 0.257 e. The lowest BCUT2D eigenvalue weighted by molar-refractivity contribution is 0.0709. The van der Waals surface area contributed by atoms with Crippen LogP contribution in [0.1, 0.15) is 34.8 Å². The van der Waals surface area contributed by atoms with Crippen LogP contribution in [-0.2, 0) is 0 Å². The first-order valence-electron chi connectivity index (χ1n) is 8.47. The van der Waals surface area contributed by atoms with Gasteiger partial charge in [0.2, 0.25) is 0 Å². The predicted molar refractivity (Wildman–Crippen MR) is 102 cm³/mol. The Labute approximate surface area is 154 Å². The van der Waals surface area contributed by atoms with Crippen molar-refractivity contribution in [1.29, 1.82) is 0 Å². The number of benzene rings is 2. The van der Waals surface area contributed by atoms with Crippen LogP contribution in [0.5, 0.6) is 5.75 Å². The summed E-state index contributed by atoms with van der Waals surface area (Å²) < 4.78 is 0.793. The van der Waals surface area contributed by atoms with E-state index in [4.69, 9.17) is 0 Å². The van der Waals surface area contributed by atoms with E-state index in [9.17, 15) is 9.90 Å². The number of aromatic nitrogens is 1. The summed E-state index contributed by atoms with van der Waals surface area (Å²) in [6, 6.07) is 15.5. The Hall–Kier alpha value is -2.27. The van der Waals surface area contributed by atoms with Gasteiger partial charge in [0, 0.05) is 34.7 Å². The van der Waals surface area contributed by atoms with Crippen molar-refractivity contribution >= 4 is 32.7 Å². The first-order chi connectivity index (χ1) is 12.1. The van der Waals surface area contributed by atoms with Gasteiger partial charge in [-0.3, -0.25) is 4.79 Å². The summed E-state index contributed by atoms with van der Waals surface area (Å²) in [6.45, 7) is 1.40. The molecule has 0 radical (unpaired) electrons. The first-order valence-corrected chi connectivity index (χ1v) is 9.26. The molecule has 1 fully saturated rings. The molecule has 1 amide bonds. The molecule has 1 aliphatic rings. The Morgan fingerprint density at radius 3 is 2.64 bits per heavy atom. The number of likely N-dealkylation sites (tertiary alicyclic amines) is 1. The van der Waals surface area contributed by atoms with Crippen LogP contribution >= 0.6 is 15.9 Å². The number of nitrogens with one attached hydrogen (secondary N) is 1. The molecule has 2 aromatic carbocycles. The Kier molecular flexibility index (Phi) is 4.25. The molecule has 0 saturated carbocycles. The maximum Gasteiger partial charge on any atom is 0.257 e. The molecule has 0 bridgehead atoms. The fourth-order valence-electron chi connectivity index (χ4n) is 3.56. The van der Waals surface area contributed by atoms with E-state index in [1.807, 2.05) is 17.0 Å². The van der Waals surface area contributed by atoms with Crippen LogP contribution < -0.4 is 0 Å². The van der Waals surface area contributed by atoms with Gasteiger partial charge < -0.3 is 15.0 Å². The van der Waals surface area contributed by atoms with Crippen molar-refractivity contribution in [1.82, 2.24) is 9.88 Å². The number of H-pyrrole nitrogens is 1. The highest BCUT2D eigenvalue weighted by molar-refractivity contribution is 9.10. The highest BCUT2D eigenvalue weighted by Crippen LogP contribution is 2.31. The third-order valence-electron chi connectivity index (χ3n) is 4.96. The van der Waals surface area contributed by atoms with Crippen LogP contribution in [0.3, 0.4) is 0 Å². The molecule has 128 valence electrons. The Morgan fingerprint density at radius 1 is 1.12 bits per heavy atom. The average Bonchev–Trinajstić information content (AvgIpc) is 3.07. The van der Waals surface area contributed by atoms with Crippen molar-refractivity contribution in [3.63, 3.8) is 0 Å². The van der Waals surface area contributed by atoms with Crippen LogP contribution in [0.4, 0.5) is 0 Å². The van der Waals surface area contributed by atoms with Gasteiger partial charge in [-0.05, 0) is 48.6 Å². The molecule has 1 aromatic heterocycles. The minimum atomic E-state index is -0.103. The van der Waals surface area contributed by atoms with Crippen molar-refractivity contribution < 1.29 is 9.90 Å². The van der Waals surface area contributed by atoms with Crippen LogP contribution in [0, 0.1) is 0 Å². The van der Waals surface area contributed by atoms with Gasteiger partial charge >= 0.3 is 0 Å². The largest absolute Gasteiger partial charge is 0.507 e. The second-order valence-corrected chi connectivity index (χ2v) is 7.46. The number of aromatic hydroxyl groups is 1. The van der Waals surface area contributed by atoms with Crippen LogP contribution in [-0.4, -0.2) is 34.0 Å². The molecule has 5 heteroatoms. The molecule has 3 aromatic rings. The standard InChI is InChI=1S/C20H19BrN2O2/c21-15-5-6-19(24)16(12-15)20(25)23-9-7-13(8-10-23)18-11-14-3-1-2-4-17(14)22-18/h1-6,11-13,22,24H,7-10H2. The predicted octanol–water partition coefficient (Wildman–Crippen LogP) is 4.66. The number of nitrogens with zero attached hydrogens (tertiary/aromatic N) is 1. The molecule has 1 saturated heterocycles. The molecule has 0 atom stereocenters. The number of amides is 1. The normalized spacial score (nSPS) is 15.6. The maximum absolute atomic E-state index is 12.7. The van der Waals surface area contributed by atoms with Gasteiger partial charge in [-0.25, -0.2) is 0 Å². The van der Waals surface area contributed by atoms with Gasteiger partial charge in [0.1, 0.15) is 5.75 Å². The lowest BCUT2D eigenvalue weighted by Crippen LogP contribution is -2.38. The van der Waals surface area contributed by atoms with E-state index in [-0.39, 0.29) is 11.7 Å². The third kappa shape index (κ3) is 3.16. The van der Waals surface area contributed by atoms with E-state index in [2.05, 4.69) is 39.1 Å². The molecular weight excluding hydrogens is 380 g/mol. The van der Waals surface area contributed by atoms with Crippen LogP contribution in [0.2, 0.25) is 0 Å². The summed E-state index contributed by atoms with van der Waals surface area (Å²) >= 11 is 3.36. The maximum atomic E-state index is 12.7. The van der Waals surface area contributed by atoms with E-state index >= 15 is 0 Å².